The fourth-order valence-corrected chi connectivity index (χ4v) is 5.27. The topological polar surface area (TPSA) is 99.2 Å². The van der Waals surface area contributed by atoms with E-state index >= 15 is 0 Å². The average molecular weight is 498 g/mol. The van der Waals surface area contributed by atoms with E-state index in [1.807, 2.05) is 48.7 Å². The van der Waals surface area contributed by atoms with E-state index in [4.69, 9.17) is 0 Å². The molecule has 1 aliphatic rings. The van der Waals surface area contributed by atoms with E-state index in [9.17, 15) is 14.4 Å². The number of benzene rings is 2. The van der Waals surface area contributed by atoms with Crippen molar-refractivity contribution in [3.05, 3.63) is 66.0 Å². The first-order chi connectivity index (χ1) is 17.9. The van der Waals surface area contributed by atoms with Crippen LogP contribution in [-0.4, -0.2) is 51.8 Å². The molecule has 0 spiro atoms. The molecule has 0 fully saturated rings. The van der Waals surface area contributed by atoms with Crippen LogP contribution in [0.3, 0.4) is 0 Å². The van der Waals surface area contributed by atoms with Crippen LogP contribution in [0, 0.1) is 0 Å². The molecule has 3 heterocycles. The molecule has 5 rings (SSSR count). The summed E-state index contributed by atoms with van der Waals surface area (Å²) < 4.78 is 2.12. The summed E-state index contributed by atoms with van der Waals surface area (Å²) in [5.74, 6) is -1.07. The molecule has 2 aromatic heterocycles. The number of hydrogen-bond acceptors (Lipinski definition) is 4. The van der Waals surface area contributed by atoms with Gasteiger partial charge in [0.05, 0.1) is 22.4 Å². The van der Waals surface area contributed by atoms with E-state index in [-0.39, 0.29) is 5.91 Å². The fraction of sp³-hybridized carbons (Fsp3) is 0.276. The van der Waals surface area contributed by atoms with Gasteiger partial charge in [-0.05, 0) is 44.3 Å². The Balaban J connectivity index is 1.71. The predicted molar refractivity (Wildman–Crippen MR) is 147 cm³/mol. The van der Waals surface area contributed by atoms with E-state index in [1.165, 1.54) is 6.92 Å². The molecule has 37 heavy (non-hydrogen) atoms. The van der Waals surface area contributed by atoms with Gasteiger partial charge >= 0.3 is 0 Å². The van der Waals surface area contributed by atoms with Crippen molar-refractivity contribution in [3.63, 3.8) is 0 Å². The summed E-state index contributed by atoms with van der Waals surface area (Å²) in [6.07, 6.45) is 4.64. The highest BCUT2D eigenvalue weighted by atomic mass is 16.2. The van der Waals surface area contributed by atoms with Crippen molar-refractivity contribution in [1.82, 2.24) is 19.8 Å². The lowest BCUT2D eigenvalue weighted by atomic mass is 9.95. The van der Waals surface area contributed by atoms with Gasteiger partial charge in [-0.1, -0.05) is 38.1 Å². The summed E-state index contributed by atoms with van der Waals surface area (Å²) >= 11 is 0. The van der Waals surface area contributed by atoms with Crippen LogP contribution in [0.5, 0.6) is 0 Å². The molecule has 0 unspecified atom stereocenters. The Bertz CT molecular complexity index is 1550. The molecule has 8 heteroatoms. The smallest absolute Gasteiger partial charge is 0.259 e. The standard InChI is InChI=1S/C29H31N5O3/c1-4-33(5-2)14-9-15-34-17-21(25-23(31-18(3)35)12-8-13-24(25)34)27-26(28(36)32-29(27)37)20-16-30-22-11-7-6-10-19(20)22/h6-8,10-13,16-17,30H,4-5,9,14-15H2,1-3H3,(H,31,35)(H,32,36,37). The van der Waals surface area contributed by atoms with Crippen LogP contribution in [0.1, 0.15) is 38.3 Å². The van der Waals surface area contributed by atoms with Crippen molar-refractivity contribution in [2.75, 3.05) is 25.0 Å². The second kappa shape index (κ2) is 10.1. The number of carbonyl (C=O) groups is 3. The number of anilines is 1. The number of para-hydroxylation sites is 1. The number of imide groups is 1. The number of aryl methyl sites for hydroxylation is 1. The lowest BCUT2D eigenvalue weighted by molar-refractivity contribution is -0.122. The molecule has 0 saturated heterocycles. The van der Waals surface area contributed by atoms with Crippen molar-refractivity contribution in [1.29, 1.82) is 0 Å². The molecule has 190 valence electrons. The summed E-state index contributed by atoms with van der Waals surface area (Å²) in [6.45, 7) is 9.44. The highest BCUT2D eigenvalue weighted by molar-refractivity contribution is 6.51. The number of amides is 3. The molecule has 3 N–H and O–H groups in total. The molecule has 1 aliphatic heterocycles. The second-order valence-electron chi connectivity index (χ2n) is 9.28. The summed E-state index contributed by atoms with van der Waals surface area (Å²) in [6, 6.07) is 13.4. The van der Waals surface area contributed by atoms with Gasteiger partial charge in [0, 0.05) is 53.3 Å². The van der Waals surface area contributed by atoms with Crippen molar-refractivity contribution in [2.24, 2.45) is 0 Å². The number of rotatable bonds is 9. The van der Waals surface area contributed by atoms with Crippen LogP contribution in [0.4, 0.5) is 5.69 Å². The van der Waals surface area contributed by atoms with Crippen molar-refractivity contribution >= 4 is 56.4 Å². The van der Waals surface area contributed by atoms with Gasteiger partial charge in [-0.25, -0.2) is 0 Å². The predicted octanol–water partition coefficient (Wildman–Crippen LogP) is 4.38. The van der Waals surface area contributed by atoms with Crippen LogP contribution in [0.25, 0.3) is 33.0 Å². The normalized spacial score (nSPS) is 13.8. The fourth-order valence-electron chi connectivity index (χ4n) is 5.27. The first-order valence-electron chi connectivity index (χ1n) is 12.7. The first-order valence-corrected chi connectivity index (χ1v) is 12.7. The maximum Gasteiger partial charge on any atom is 0.259 e. The van der Waals surface area contributed by atoms with Gasteiger partial charge in [0.1, 0.15) is 0 Å². The maximum atomic E-state index is 13.3. The molecule has 0 atom stereocenters. The molecule has 0 bridgehead atoms. The molecule has 0 radical (unpaired) electrons. The van der Waals surface area contributed by atoms with E-state index in [0.717, 1.165) is 54.4 Å². The Morgan fingerprint density at radius 3 is 2.43 bits per heavy atom. The van der Waals surface area contributed by atoms with Gasteiger partial charge in [-0.15, -0.1) is 0 Å². The average Bonchev–Trinajstić information content (AvgIpc) is 3.54. The Kier molecular flexibility index (Phi) is 6.67. The molecule has 8 nitrogen and oxygen atoms in total. The van der Waals surface area contributed by atoms with Gasteiger partial charge in [-0.3, -0.25) is 19.7 Å². The number of carbonyl (C=O) groups excluding carboxylic acids is 3. The monoisotopic (exact) mass is 497 g/mol. The SMILES string of the molecule is CCN(CC)CCCn1cc(C2=C(c3c[nH]c4ccccc34)C(=O)NC2=O)c2c(NC(C)=O)cccc21. The molecule has 4 aromatic rings. The number of H-pyrrole nitrogens is 1. The lowest BCUT2D eigenvalue weighted by Gasteiger charge is -2.18. The van der Waals surface area contributed by atoms with Gasteiger partial charge in [-0.2, -0.15) is 0 Å². The third-order valence-corrected chi connectivity index (χ3v) is 7.04. The largest absolute Gasteiger partial charge is 0.361 e. The van der Waals surface area contributed by atoms with Crippen molar-refractivity contribution < 1.29 is 14.4 Å². The highest BCUT2D eigenvalue weighted by Crippen LogP contribution is 2.40. The zero-order valence-corrected chi connectivity index (χ0v) is 21.4. The zero-order chi connectivity index (χ0) is 26.1. The van der Waals surface area contributed by atoms with E-state index < -0.39 is 11.8 Å². The lowest BCUT2D eigenvalue weighted by Crippen LogP contribution is -2.24. The van der Waals surface area contributed by atoms with Gasteiger partial charge in [0.2, 0.25) is 5.91 Å². The highest BCUT2D eigenvalue weighted by Gasteiger charge is 2.35. The number of hydrogen-bond donors (Lipinski definition) is 3. The zero-order valence-electron chi connectivity index (χ0n) is 21.4. The molecule has 2 aromatic carbocycles. The summed E-state index contributed by atoms with van der Waals surface area (Å²) in [4.78, 5) is 44.1. The number of fused-ring (bicyclic) bond motifs is 2. The maximum absolute atomic E-state index is 13.3. The van der Waals surface area contributed by atoms with Gasteiger partial charge in [0.15, 0.2) is 0 Å². The quantitative estimate of drug-likeness (QED) is 0.299. The Labute approximate surface area is 215 Å². The van der Waals surface area contributed by atoms with Crippen LogP contribution >= 0.6 is 0 Å². The minimum atomic E-state index is -0.440. The van der Waals surface area contributed by atoms with Crippen LogP contribution in [-0.2, 0) is 20.9 Å². The van der Waals surface area contributed by atoms with Crippen molar-refractivity contribution in [2.45, 2.75) is 33.7 Å². The minimum Gasteiger partial charge on any atom is -0.361 e. The van der Waals surface area contributed by atoms with Crippen molar-refractivity contribution in [3.8, 4) is 0 Å². The number of aromatic nitrogens is 2. The van der Waals surface area contributed by atoms with E-state index in [2.05, 4.69) is 38.9 Å². The minimum absolute atomic E-state index is 0.203. The van der Waals surface area contributed by atoms with Gasteiger partial charge in [0.25, 0.3) is 11.8 Å². The Hall–Kier alpha value is -4.17. The first kappa shape index (κ1) is 24.5. The van der Waals surface area contributed by atoms with Crippen LogP contribution < -0.4 is 10.6 Å². The molecule has 0 aliphatic carbocycles. The molecular weight excluding hydrogens is 466 g/mol. The number of aromatic amines is 1. The number of nitrogens with one attached hydrogen (secondary N) is 3. The van der Waals surface area contributed by atoms with E-state index in [0.29, 0.717) is 28.0 Å². The third kappa shape index (κ3) is 4.44. The summed E-state index contributed by atoms with van der Waals surface area (Å²) in [7, 11) is 0. The molecule has 0 saturated carbocycles. The molecular formula is C29H31N5O3. The van der Waals surface area contributed by atoms with E-state index in [1.54, 1.807) is 6.20 Å². The summed E-state index contributed by atoms with van der Waals surface area (Å²) in [5, 5.41) is 7.04. The second-order valence-corrected chi connectivity index (χ2v) is 9.28. The summed E-state index contributed by atoms with van der Waals surface area (Å²) in [5.41, 5.74) is 4.36. The van der Waals surface area contributed by atoms with Gasteiger partial charge < -0.3 is 19.8 Å². The Morgan fingerprint density at radius 1 is 0.973 bits per heavy atom. The number of nitrogens with zero attached hydrogens (tertiary/aromatic N) is 2. The molecule has 3 amide bonds. The Morgan fingerprint density at radius 2 is 1.70 bits per heavy atom. The van der Waals surface area contributed by atoms with Crippen LogP contribution in [0.2, 0.25) is 0 Å². The van der Waals surface area contributed by atoms with Crippen LogP contribution in [0.15, 0.2) is 54.9 Å². The third-order valence-electron chi connectivity index (χ3n) is 7.04.